The molecule has 1 aliphatic carbocycles. The van der Waals surface area contributed by atoms with Crippen LogP contribution in [0.3, 0.4) is 0 Å². The minimum absolute atomic E-state index is 0.741. The molecule has 3 N–H and O–H groups in total. The summed E-state index contributed by atoms with van der Waals surface area (Å²) in [5, 5.41) is 3.34. The highest BCUT2D eigenvalue weighted by Gasteiger charge is 2.17. The number of nitrogens with zero attached hydrogens (tertiary/aromatic N) is 1. The van der Waals surface area contributed by atoms with Crippen LogP contribution in [0.25, 0.3) is 0 Å². The van der Waals surface area contributed by atoms with Gasteiger partial charge in [-0.2, -0.15) is 0 Å². The molecule has 0 unspecified atom stereocenters. The first-order chi connectivity index (χ1) is 8.25. The molecule has 0 atom stereocenters. The van der Waals surface area contributed by atoms with Gasteiger partial charge in [0.1, 0.15) is 5.82 Å². The largest absolute Gasteiger partial charge is 0.396 e. The summed E-state index contributed by atoms with van der Waals surface area (Å²) in [6.45, 7) is 3.35. The van der Waals surface area contributed by atoms with Crippen molar-refractivity contribution in [2.24, 2.45) is 11.8 Å². The molecule has 17 heavy (non-hydrogen) atoms. The monoisotopic (exact) mass is 233 g/mol. The number of nitrogens with two attached hydrogens (primary N) is 1. The summed E-state index contributed by atoms with van der Waals surface area (Å²) in [6.07, 6.45) is 8.59. The SMILES string of the molecule is CC1CCC(CCNc2ncccc2N)CC1. The van der Waals surface area contributed by atoms with E-state index in [4.69, 9.17) is 5.73 Å². The molecular formula is C14H23N3. The van der Waals surface area contributed by atoms with Crippen LogP contribution >= 0.6 is 0 Å². The molecule has 0 aromatic carbocycles. The number of hydrogen-bond acceptors (Lipinski definition) is 3. The minimum atomic E-state index is 0.741. The van der Waals surface area contributed by atoms with Crippen molar-refractivity contribution in [1.29, 1.82) is 0 Å². The zero-order valence-electron chi connectivity index (χ0n) is 10.7. The molecule has 0 radical (unpaired) electrons. The van der Waals surface area contributed by atoms with Crippen molar-refractivity contribution in [3.63, 3.8) is 0 Å². The van der Waals surface area contributed by atoms with E-state index in [2.05, 4.69) is 17.2 Å². The van der Waals surface area contributed by atoms with E-state index < -0.39 is 0 Å². The molecule has 1 aliphatic rings. The van der Waals surface area contributed by atoms with Crippen molar-refractivity contribution in [2.45, 2.75) is 39.0 Å². The highest BCUT2D eigenvalue weighted by Crippen LogP contribution is 2.30. The van der Waals surface area contributed by atoms with Crippen LogP contribution in [-0.4, -0.2) is 11.5 Å². The van der Waals surface area contributed by atoms with Crippen LogP contribution in [0.4, 0.5) is 11.5 Å². The predicted molar refractivity (Wildman–Crippen MR) is 72.9 cm³/mol. The molecule has 0 saturated heterocycles. The Kier molecular flexibility index (Phi) is 4.24. The Bertz CT molecular complexity index is 343. The molecule has 3 heteroatoms. The summed E-state index contributed by atoms with van der Waals surface area (Å²) >= 11 is 0. The normalized spacial score (nSPS) is 24.5. The molecule has 1 aromatic rings. The molecule has 1 aromatic heterocycles. The van der Waals surface area contributed by atoms with Gasteiger partial charge in [0.2, 0.25) is 0 Å². The molecule has 1 heterocycles. The van der Waals surface area contributed by atoms with E-state index in [1.807, 2.05) is 12.1 Å². The van der Waals surface area contributed by atoms with Crippen molar-refractivity contribution in [3.05, 3.63) is 18.3 Å². The Labute approximate surface area is 104 Å². The summed E-state index contributed by atoms with van der Waals surface area (Å²) in [5.41, 5.74) is 6.57. The first-order valence-corrected chi connectivity index (χ1v) is 6.70. The third-order valence-electron chi connectivity index (χ3n) is 3.82. The van der Waals surface area contributed by atoms with Gasteiger partial charge in [0, 0.05) is 12.7 Å². The van der Waals surface area contributed by atoms with Crippen molar-refractivity contribution in [2.75, 3.05) is 17.6 Å². The van der Waals surface area contributed by atoms with E-state index in [9.17, 15) is 0 Å². The van der Waals surface area contributed by atoms with E-state index in [1.165, 1.54) is 32.1 Å². The lowest BCUT2D eigenvalue weighted by Gasteiger charge is -2.26. The Morgan fingerprint density at radius 2 is 2.12 bits per heavy atom. The van der Waals surface area contributed by atoms with Gasteiger partial charge in [-0.05, 0) is 30.4 Å². The minimum Gasteiger partial charge on any atom is -0.396 e. The zero-order chi connectivity index (χ0) is 12.1. The molecule has 0 bridgehead atoms. The summed E-state index contributed by atoms with van der Waals surface area (Å²) in [6, 6.07) is 3.75. The number of nitrogen functional groups attached to an aromatic ring is 1. The molecule has 0 spiro atoms. The molecule has 94 valence electrons. The lowest BCUT2D eigenvalue weighted by atomic mass is 9.81. The van der Waals surface area contributed by atoms with Gasteiger partial charge in [0.15, 0.2) is 0 Å². The number of rotatable bonds is 4. The van der Waals surface area contributed by atoms with E-state index >= 15 is 0 Å². The maximum absolute atomic E-state index is 5.83. The first kappa shape index (κ1) is 12.2. The molecule has 3 nitrogen and oxygen atoms in total. The van der Waals surface area contributed by atoms with Crippen molar-refractivity contribution in [3.8, 4) is 0 Å². The number of hydrogen-bond donors (Lipinski definition) is 2. The second kappa shape index (κ2) is 5.89. The molecule has 1 saturated carbocycles. The average molecular weight is 233 g/mol. The van der Waals surface area contributed by atoms with Crippen LogP contribution in [0.2, 0.25) is 0 Å². The topological polar surface area (TPSA) is 50.9 Å². The Morgan fingerprint density at radius 3 is 2.82 bits per heavy atom. The van der Waals surface area contributed by atoms with E-state index in [0.29, 0.717) is 0 Å². The van der Waals surface area contributed by atoms with Crippen molar-refractivity contribution >= 4 is 11.5 Å². The molecule has 0 amide bonds. The summed E-state index contributed by atoms with van der Waals surface area (Å²) < 4.78 is 0. The molecule has 1 fully saturated rings. The lowest BCUT2D eigenvalue weighted by molar-refractivity contribution is 0.282. The lowest BCUT2D eigenvalue weighted by Crippen LogP contribution is -2.16. The predicted octanol–water partition coefficient (Wildman–Crippen LogP) is 3.29. The Hall–Kier alpha value is -1.25. The van der Waals surface area contributed by atoms with Gasteiger partial charge in [-0.1, -0.05) is 32.6 Å². The maximum atomic E-state index is 5.83. The third-order valence-corrected chi connectivity index (χ3v) is 3.82. The number of aromatic nitrogens is 1. The Morgan fingerprint density at radius 1 is 1.35 bits per heavy atom. The highest BCUT2D eigenvalue weighted by atomic mass is 15.0. The summed E-state index contributed by atoms with van der Waals surface area (Å²) in [7, 11) is 0. The number of nitrogens with one attached hydrogen (secondary N) is 1. The first-order valence-electron chi connectivity index (χ1n) is 6.70. The van der Waals surface area contributed by atoms with Crippen LogP contribution < -0.4 is 11.1 Å². The second-order valence-electron chi connectivity index (χ2n) is 5.28. The fourth-order valence-corrected chi connectivity index (χ4v) is 2.58. The second-order valence-corrected chi connectivity index (χ2v) is 5.28. The fraction of sp³-hybridized carbons (Fsp3) is 0.643. The van der Waals surface area contributed by atoms with Gasteiger partial charge >= 0.3 is 0 Å². The van der Waals surface area contributed by atoms with E-state index in [-0.39, 0.29) is 0 Å². The smallest absolute Gasteiger partial charge is 0.149 e. The standard InChI is InChI=1S/C14H23N3/c1-11-4-6-12(7-5-11)8-10-17-14-13(15)3-2-9-16-14/h2-3,9,11-12H,4-8,10,15H2,1H3,(H,16,17). The fourth-order valence-electron chi connectivity index (χ4n) is 2.58. The quantitative estimate of drug-likeness (QED) is 0.839. The van der Waals surface area contributed by atoms with Crippen LogP contribution in [0.1, 0.15) is 39.0 Å². The van der Waals surface area contributed by atoms with Gasteiger partial charge in [0.05, 0.1) is 5.69 Å². The van der Waals surface area contributed by atoms with Crippen LogP contribution in [0.5, 0.6) is 0 Å². The van der Waals surface area contributed by atoms with Gasteiger partial charge < -0.3 is 11.1 Å². The number of pyridine rings is 1. The van der Waals surface area contributed by atoms with Gasteiger partial charge in [0.25, 0.3) is 0 Å². The van der Waals surface area contributed by atoms with Gasteiger partial charge in [-0.3, -0.25) is 0 Å². The van der Waals surface area contributed by atoms with Crippen molar-refractivity contribution in [1.82, 2.24) is 4.98 Å². The molecule has 2 rings (SSSR count). The van der Waals surface area contributed by atoms with Gasteiger partial charge in [-0.15, -0.1) is 0 Å². The Balaban J connectivity index is 1.71. The summed E-state index contributed by atoms with van der Waals surface area (Å²) in [4.78, 5) is 4.24. The average Bonchev–Trinajstić information content (AvgIpc) is 2.34. The van der Waals surface area contributed by atoms with E-state index in [1.54, 1.807) is 6.20 Å². The van der Waals surface area contributed by atoms with Crippen molar-refractivity contribution < 1.29 is 0 Å². The zero-order valence-corrected chi connectivity index (χ0v) is 10.7. The van der Waals surface area contributed by atoms with Gasteiger partial charge in [-0.25, -0.2) is 4.98 Å². The highest BCUT2D eigenvalue weighted by molar-refractivity contribution is 5.60. The molecule has 0 aliphatic heterocycles. The van der Waals surface area contributed by atoms with Crippen LogP contribution in [0.15, 0.2) is 18.3 Å². The third kappa shape index (κ3) is 3.62. The van der Waals surface area contributed by atoms with E-state index in [0.717, 1.165) is 29.9 Å². The summed E-state index contributed by atoms with van der Waals surface area (Å²) in [5.74, 6) is 2.66. The van der Waals surface area contributed by atoms with Crippen LogP contribution in [0, 0.1) is 11.8 Å². The molecular weight excluding hydrogens is 210 g/mol. The van der Waals surface area contributed by atoms with Crippen LogP contribution in [-0.2, 0) is 0 Å². The number of anilines is 2. The maximum Gasteiger partial charge on any atom is 0.149 e.